The van der Waals surface area contributed by atoms with Crippen molar-refractivity contribution in [2.24, 2.45) is 0 Å². The average molecular weight is 687 g/mol. The van der Waals surface area contributed by atoms with Crippen molar-refractivity contribution >= 4 is 71.5 Å². The van der Waals surface area contributed by atoms with Crippen LogP contribution in [0.15, 0.2) is 0 Å². The fraction of sp³-hybridized carbons (Fsp3) is 0.905. The van der Waals surface area contributed by atoms with Crippen molar-refractivity contribution in [3.63, 3.8) is 0 Å². The normalized spacial score (nSPS) is 10.8. The third-order valence-corrected chi connectivity index (χ3v) is 11.8. The number of carbonyl (C=O) groups excluding carboxylic acids is 2. The number of nitrogens with one attached hydrogen (secondary N) is 1. The van der Waals surface area contributed by atoms with E-state index in [1.807, 2.05) is 6.92 Å². The van der Waals surface area contributed by atoms with Crippen LogP contribution in [0.1, 0.15) is 27.2 Å². The molecule has 1 N–H and O–H groups in total. The molecule has 0 saturated carbocycles. The van der Waals surface area contributed by atoms with Crippen LogP contribution in [0.3, 0.4) is 0 Å². The molecule has 0 aliphatic rings. The Hall–Kier alpha value is 1.14. The molecule has 0 atom stereocenters. The van der Waals surface area contributed by atoms with Gasteiger partial charge < -0.3 is 0 Å². The summed E-state index contributed by atoms with van der Waals surface area (Å²) in [5, 5.41) is 12.1. The molecule has 0 heterocycles. The molecular weight excluding hydrogens is 642 g/mol. The fourth-order valence-electron chi connectivity index (χ4n) is 1.92. The average Bonchev–Trinajstić information content (AvgIpc) is 2.74. The van der Waals surface area contributed by atoms with Gasteiger partial charge in [0.15, 0.2) is 0 Å². The molecule has 9 heteroatoms. The van der Waals surface area contributed by atoms with Crippen LogP contribution in [-0.2, 0) is 9.59 Å². The van der Waals surface area contributed by atoms with E-state index in [1.54, 1.807) is 7.05 Å². The number of nitrogens with zero attached hydrogens (tertiary/aromatic N) is 2. The molecule has 0 aromatic rings. The molecule has 0 rings (SSSR count). The van der Waals surface area contributed by atoms with Crippen LogP contribution in [0.4, 0.5) is 0 Å². The third-order valence-electron chi connectivity index (χ3n) is 4.05. The van der Waals surface area contributed by atoms with E-state index in [0.717, 1.165) is 59.0 Å². The molecule has 0 unspecified atom stereocenters. The van der Waals surface area contributed by atoms with Crippen molar-refractivity contribution in [3.8, 4) is 0 Å². The molecule has 0 bridgehead atoms. The standard InChI is InChI=1S/C12H24N2O2Se2.C9H21NSe2/c1-4-11(15)9-17-7-5-14(3)6-8-18-10-12(16)13-2;1-4-11-8-6-10(3)7-9-12-5-2/h4-10H2,1-3H3,(H,13,16);4-9H2,1-3H3. The van der Waals surface area contributed by atoms with Crippen LogP contribution < -0.4 is 5.32 Å². The molecular formula is C21H45N3O2Se4. The van der Waals surface area contributed by atoms with Crippen molar-refractivity contribution in [2.45, 2.75) is 69.7 Å². The summed E-state index contributed by atoms with van der Waals surface area (Å²) < 4.78 is 0. The van der Waals surface area contributed by atoms with E-state index >= 15 is 0 Å². The van der Waals surface area contributed by atoms with Gasteiger partial charge in [-0.05, 0) is 0 Å². The Labute approximate surface area is 212 Å². The van der Waals surface area contributed by atoms with Gasteiger partial charge in [0.05, 0.1) is 0 Å². The Morgan fingerprint density at radius 1 is 0.700 bits per heavy atom. The summed E-state index contributed by atoms with van der Waals surface area (Å²) >= 11 is 2.70. The molecule has 180 valence electrons. The van der Waals surface area contributed by atoms with Gasteiger partial charge in [-0.15, -0.1) is 0 Å². The van der Waals surface area contributed by atoms with Crippen molar-refractivity contribution in [3.05, 3.63) is 0 Å². The maximum atomic E-state index is 11.1. The Morgan fingerprint density at radius 2 is 1.10 bits per heavy atom. The molecule has 5 nitrogen and oxygen atoms in total. The van der Waals surface area contributed by atoms with Crippen molar-refractivity contribution in [1.82, 2.24) is 15.1 Å². The molecule has 0 fully saturated rings. The van der Waals surface area contributed by atoms with Crippen LogP contribution in [0, 0.1) is 0 Å². The molecule has 0 aliphatic heterocycles. The predicted octanol–water partition coefficient (Wildman–Crippen LogP) is 2.76. The summed E-state index contributed by atoms with van der Waals surface area (Å²) in [4.78, 5) is 27.0. The van der Waals surface area contributed by atoms with Crippen LogP contribution in [0.2, 0.25) is 42.6 Å². The predicted molar refractivity (Wildman–Crippen MR) is 137 cm³/mol. The Bertz CT molecular complexity index is 370. The number of amides is 1. The van der Waals surface area contributed by atoms with Crippen LogP contribution >= 0.6 is 0 Å². The summed E-state index contributed by atoms with van der Waals surface area (Å²) in [6, 6.07) is 0. The van der Waals surface area contributed by atoms with E-state index in [1.165, 1.54) is 34.4 Å². The Balaban J connectivity index is 0. The first-order valence-electron chi connectivity index (χ1n) is 10.8. The first-order valence-corrected chi connectivity index (χ1v) is 20.5. The summed E-state index contributed by atoms with van der Waals surface area (Å²) in [6.07, 6.45) is 0.680. The van der Waals surface area contributed by atoms with Gasteiger partial charge in [-0.2, -0.15) is 0 Å². The number of hydrogen-bond donors (Lipinski definition) is 1. The first kappa shape index (κ1) is 33.3. The molecule has 30 heavy (non-hydrogen) atoms. The zero-order valence-corrected chi connectivity index (χ0v) is 26.9. The maximum absolute atomic E-state index is 11.1. The summed E-state index contributed by atoms with van der Waals surface area (Å²) in [7, 11) is 6.06. The van der Waals surface area contributed by atoms with Gasteiger partial charge >= 0.3 is 213 Å². The molecule has 0 aromatic carbocycles. The minimum atomic E-state index is 0.152. The van der Waals surface area contributed by atoms with Crippen LogP contribution in [0.25, 0.3) is 0 Å². The van der Waals surface area contributed by atoms with E-state index in [9.17, 15) is 9.59 Å². The quantitative estimate of drug-likeness (QED) is 0.168. The Morgan fingerprint density at radius 3 is 1.47 bits per heavy atom. The van der Waals surface area contributed by atoms with Crippen molar-refractivity contribution < 1.29 is 9.59 Å². The SMILES string of the molecule is CCC(=O)C[Se]CCN(C)CC[Se]CC(=O)NC.CC[Se]CCN(C)CC[Se]CC. The summed E-state index contributed by atoms with van der Waals surface area (Å²) in [6.45, 7) is 11.3. The number of rotatable bonds is 19. The van der Waals surface area contributed by atoms with E-state index in [0.29, 0.717) is 47.4 Å². The monoisotopic (exact) mass is 691 g/mol. The van der Waals surface area contributed by atoms with Gasteiger partial charge in [0, 0.05) is 0 Å². The van der Waals surface area contributed by atoms with Gasteiger partial charge in [-0.3, -0.25) is 0 Å². The van der Waals surface area contributed by atoms with E-state index in [4.69, 9.17) is 0 Å². The molecule has 0 spiro atoms. The third kappa shape index (κ3) is 27.2. The molecule has 0 radical (unpaired) electrons. The molecule has 0 saturated heterocycles. The van der Waals surface area contributed by atoms with Crippen molar-refractivity contribution in [2.75, 3.05) is 47.3 Å². The van der Waals surface area contributed by atoms with E-state index in [2.05, 4.69) is 43.1 Å². The zero-order chi connectivity index (χ0) is 23.0. The van der Waals surface area contributed by atoms with Gasteiger partial charge in [0.25, 0.3) is 0 Å². The minimum absolute atomic E-state index is 0.152. The number of ketones is 1. The van der Waals surface area contributed by atoms with Gasteiger partial charge in [-0.25, -0.2) is 0 Å². The second kappa shape index (κ2) is 26.4. The Kier molecular flexibility index (Phi) is 29.3. The first-order chi connectivity index (χ1) is 14.4. The van der Waals surface area contributed by atoms with Gasteiger partial charge in [-0.1, -0.05) is 0 Å². The number of Topliss-reactive ketones (excluding diaryl/α,β-unsaturated/α-hetero) is 1. The summed E-state index contributed by atoms with van der Waals surface area (Å²) in [5.74, 6) is 0.547. The van der Waals surface area contributed by atoms with Crippen LogP contribution in [0.5, 0.6) is 0 Å². The summed E-state index contributed by atoms with van der Waals surface area (Å²) in [5.41, 5.74) is 0. The van der Waals surface area contributed by atoms with Gasteiger partial charge in [0.1, 0.15) is 0 Å². The van der Waals surface area contributed by atoms with E-state index in [-0.39, 0.29) is 5.91 Å². The topological polar surface area (TPSA) is 52.7 Å². The number of hydrogen-bond acceptors (Lipinski definition) is 4. The molecule has 0 aliphatic carbocycles. The second-order valence-corrected chi connectivity index (χ2v) is 17.2. The fourth-order valence-corrected chi connectivity index (χ4v) is 9.03. The second-order valence-electron chi connectivity index (χ2n) is 6.67. The molecule has 1 amide bonds. The van der Waals surface area contributed by atoms with Crippen molar-refractivity contribution in [1.29, 1.82) is 0 Å². The van der Waals surface area contributed by atoms with Gasteiger partial charge in [0.2, 0.25) is 0 Å². The van der Waals surface area contributed by atoms with Crippen LogP contribution in [-0.4, -0.2) is 129 Å². The molecule has 0 aromatic heterocycles. The number of carbonyl (C=O) groups is 2. The zero-order valence-electron chi connectivity index (χ0n) is 20.0. The van der Waals surface area contributed by atoms with E-state index < -0.39 is 0 Å².